The number of hydrogen-bond acceptors (Lipinski definition) is 13. The Balaban J connectivity index is 1.87. The maximum Gasteiger partial charge on any atom is 0.345 e. The lowest BCUT2D eigenvalue weighted by atomic mass is 9.96. The number of rotatable bonds is 9. The summed E-state index contributed by atoms with van der Waals surface area (Å²) in [7, 11) is 0. The van der Waals surface area contributed by atoms with E-state index in [1.54, 1.807) is 24.3 Å². The molecule has 1 aromatic carbocycles. The number of esters is 5. The van der Waals surface area contributed by atoms with Gasteiger partial charge in [-0.15, -0.1) is 0 Å². The lowest BCUT2D eigenvalue weighted by Crippen LogP contribution is -2.61. The summed E-state index contributed by atoms with van der Waals surface area (Å²) < 4.78 is 32.3. The van der Waals surface area contributed by atoms with Crippen molar-refractivity contribution in [3.63, 3.8) is 0 Å². The predicted molar refractivity (Wildman–Crippen MR) is 135 cm³/mol. The second kappa shape index (κ2) is 13.9. The van der Waals surface area contributed by atoms with E-state index in [1.807, 2.05) is 0 Å². The van der Waals surface area contributed by atoms with Crippen LogP contribution in [0.4, 0.5) is 0 Å². The number of carbonyl (C=O) groups is 5. The summed E-state index contributed by atoms with van der Waals surface area (Å²) in [6.07, 6.45) is -0.721. The average molecular weight is 557 g/mol. The average Bonchev–Trinajstić information content (AvgIpc) is 2.89. The molecule has 0 amide bonds. The fourth-order valence-corrected chi connectivity index (χ4v) is 3.75. The molecular weight excluding hydrogens is 528 g/mol. The highest BCUT2D eigenvalue weighted by atomic mass is 16.7. The van der Waals surface area contributed by atoms with E-state index in [-0.39, 0.29) is 17.9 Å². The van der Waals surface area contributed by atoms with Gasteiger partial charge in [0.15, 0.2) is 18.2 Å². The zero-order chi connectivity index (χ0) is 29.2. The molecule has 0 aliphatic carbocycles. The number of ether oxygens (including phenoxy) is 6. The summed E-state index contributed by atoms with van der Waals surface area (Å²) >= 11 is 0. The first-order valence-corrected chi connectivity index (χ1v) is 12.1. The molecule has 5 atom stereocenters. The van der Waals surface area contributed by atoms with Crippen LogP contribution in [0, 0.1) is 0 Å². The molecule has 0 radical (unpaired) electrons. The Morgan fingerprint density at radius 1 is 0.875 bits per heavy atom. The number of aromatic nitrogens is 1. The van der Waals surface area contributed by atoms with Crippen LogP contribution in [0.1, 0.15) is 43.6 Å². The summed E-state index contributed by atoms with van der Waals surface area (Å²) in [5.74, 6) is -3.11. The topological polar surface area (TPSA) is 166 Å². The van der Waals surface area contributed by atoms with Crippen LogP contribution in [0.3, 0.4) is 0 Å². The molecule has 0 unspecified atom stereocenters. The van der Waals surface area contributed by atoms with Gasteiger partial charge in [0.2, 0.25) is 6.29 Å². The third-order valence-electron chi connectivity index (χ3n) is 5.34. The zero-order valence-corrected chi connectivity index (χ0v) is 22.2. The Bertz CT molecular complexity index is 1250. The molecule has 40 heavy (non-hydrogen) atoms. The molecule has 2 aromatic rings. The summed E-state index contributed by atoms with van der Waals surface area (Å²) in [5.41, 5.74) is 0.822. The van der Waals surface area contributed by atoms with Crippen LogP contribution in [0.5, 0.6) is 5.75 Å². The van der Waals surface area contributed by atoms with Gasteiger partial charge in [0.25, 0.3) is 0 Å². The summed E-state index contributed by atoms with van der Waals surface area (Å²) in [6, 6.07) is 8.30. The number of nitrogens with zero attached hydrogens (tertiary/aromatic N) is 2. The van der Waals surface area contributed by atoms with Crippen molar-refractivity contribution in [2.24, 2.45) is 4.99 Å². The molecule has 13 nitrogen and oxygen atoms in total. The van der Waals surface area contributed by atoms with Crippen LogP contribution in [-0.4, -0.2) is 78.3 Å². The standard InChI is InChI=1S/C27H28N2O11/c1-15(30)35-14-22-24(36-16(2)31)25(37-17(3)32)23(27(40-22)38-18(4)33)29-12-19-7-9-21(10-8-19)39-26(34)20-6-5-11-28-13-20/h5-13,22-25,27H,14H2,1-4H3/t22-,23+,24+,25+,27-/m0/s1. The van der Waals surface area contributed by atoms with Gasteiger partial charge >= 0.3 is 29.8 Å². The highest BCUT2D eigenvalue weighted by Crippen LogP contribution is 2.30. The molecule has 0 bridgehead atoms. The van der Waals surface area contributed by atoms with Crippen molar-refractivity contribution in [3.8, 4) is 5.75 Å². The van der Waals surface area contributed by atoms with Crippen molar-refractivity contribution in [1.82, 2.24) is 4.98 Å². The van der Waals surface area contributed by atoms with Gasteiger partial charge in [-0.1, -0.05) is 0 Å². The predicted octanol–water partition coefficient (Wildman–Crippen LogP) is 1.80. The van der Waals surface area contributed by atoms with Gasteiger partial charge in [0.05, 0.1) is 5.56 Å². The van der Waals surface area contributed by atoms with Crippen molar-refractivity contribution in [3.05, 3.63) is 59.9 Å². The van der Waals surface area contributed by atoms with E-state index in [4.69, 9.17) is 28.4 Å². The minimum atomic E-state index is -1.38. The van der Waals surface area contributed by atoms with E-state index in [1.165, 1.54) is 37.7 Å². The summed E-state index contributed by atoms with van der Waals surface area (Å²) in [5, 5.41) is 0. The van der Waals surface area contributed by atoms with Crippen LogP contribution in [0.15, 0.2) is 53.8 Å². The van der Waals surface area contributed by atoms with Gasteiger partial charge < -0.3 is 28.4 Å². The first kappa shape index (κ1) is 29.9. The maximum absolute atomic E-state index is 12.2. The van der Waals surface area contributed by atoms with Crippen LogP contribution in [0.2, 0.25) is 0 Å². The van der Waals surface area contributed by atoms with Gasteiger partial charge in [0, 0.05) is 46.3 Å². The van der Waals surface area contributed by atoms with Gasteiger partial charge in [-0.2, -0.15) is 0 Å². The van der Waals surface area contributed by atoms with Crippen LogP contribution in [0.25, 0.3) is 0 Å². The fraction of sp³-hybridized carbons (Fsp3) is 0.370. The second-order valence-corrected chi connectivity index (χ2v) is 8.57. The molecule has 0 spiro atoms. The number of benzene rings is 1. The molecule has 13 heteroatoms. The Hall–Kier alpha value is -4.65. The lowest BCUT2D eigenvalue weighted by Gasteiger charge is -2.42. The van der Waals surface area contributed by atoms with E-state index < -0.39 is 60.5 Å². The molecule has 1 fully saturated rings. The minimum absolute atomic E-state index is 0.269. The third kappa shape index (κ3) is 8.70. The molecule has 1 aliphatic rings. The largest absolute Gasteiger partial charge is 0.463 e. The normalized spacial score (nSPS) is 22.1. The highest BCUT2D eigenvalue weighted by molar-refractivity contribution is 5.90. The van der Waals surface area contributed by atoms with Crippen LogP contribution >= 0.6 is 0 Å². The Morgan fingerprint density at radius 2 is 1.52 bits per heavy atom. The number of hydrogen-bond donors (Lipinski definition) is 0. The van der Waals surface area contributed by atoms with Crippen LogP contribution < -0.4 is 4.74 Å². The molecule has 1 saturated heterocycles. The number of aliphatic imine (C=N–C) groups is 1. The van der Waals surface area contributed by atoms with Gasteiger partial charge in [-0.3, -0.25) is 29.2 Å². The van der Waals surface area contributed by atoms with Crippen molar-refractivity contribution in [1.29, 1.82) is 0 Å². The van der Waals surface area contributed by atoms with Gasteiger partial charge in [-0.25, -0.2) is 4.79 Å². The van der Waals surface area contributed by atoms with Gasteiger partial charge in [-0.05, 0) is 42.0 Å². The van der Waals surface area contributed by atoms with Gasteiger partial charge in [0.1, 0.15) is 18.5 Å². The minimum Gasteiger partial charge on any atom is -0.463 e. The molecule has 0 saturated carbocycles. The molecule has 212 valence electrons. The Kier molecular flexibility index (Phi) is 10.4. The smallest absolute Gasteiger partial charge is 0.345 e. The monoisotopic (exact) mass is 556 g/mol. The van der Waals surface area contributed by atoms with Crippen molar-refractivity contribution >= 4 is 36.1 Å². The van der Waals surface area contributed by atoms with E-state index in [9.17, 15) is 24.0 Å². The SMILES string of the molecule is CC(=O)OC[C@@H]1O[C@H](OC(C)=O)[C@H](N=Cc2ccc(OC(=O)c3cccnc3)cc2)[C@@H](OC(C)=O)[C@@H]1OC(C)=O. The van der Waals surface area contributed by atoms with E-state index in [0.29, 0.717) is 5.56 Å². The van der Waals surface area contributed by atoms with Crippen molar-refractivity contribution in [2.75, 3.05) is 6.61 Å². The van der Waals surface area contributed by atoms with Crippen molar-refractivity contribution < 1.29 is 52.4 Å². The quantitative estimate of drug-likeness (QED) is 0.190. The van der Waals surface area contributed by atoms with E-state index in [2.05, 4.69) is 9.98 Å². The molecule has 1 aromatic heterocycles. The number of carbonyl (C=O) groups excluding carboxylic acids is 5. The van der Waals surface area contributed by atoms with Crippen molar-refractivity contribution in [2.45, 2.75) is 58.3 Å². The summed E-state index contributed by atoms with van der Waals surface area (Å²) in [4.78, 5) is 67.7. The Labute approximate surface area is 229 Å². The summed E-state index contributed by atoms with van der Waals surface area (Å²) in [6.45, 7) is 4.24. The molecular formula is C27H28N2O11. The molecule has 0 N–H and O–H groups in total. The maximum atomic E-state index is 12.2. The second-order valence-electron chi connectivity index (χ2n) is 8.57. The van der Waals surface area contributed by atoms with Crippen LogP contribution in [-0.2, 0) is 42.9 Å². The fourth-order valence-electron chi connectivity index (χ4n) is 3.75. The lowest BCUT2D eigenvalue weighted by molar-refractivity contribution is -0.266. The third-order valence-corrected chi connectivity index (χ3v) is 5.34. The highest BCUT2D eigenvalue weighted by Gasteiger charge is 2.51. The molecule has 2 heterocycles. The molecule has 3 rings (SSSR count). The van der Waals surface area contributed by atoms with E-state index in [0.717, 1.165) is 20.8 Å². The molecule has 1 aliphatic heterocycles. The first-order chi connectivity index (χ1) is 19.0. The van der Waals surface area contributed by atoms with E-state index >= 15 is 0 Å². The first-order valence-electron chi connectivity index (χ1n) is 12.1. The zero-order valence-electron chi connectivity index (χ0n) is 22.2. The number of pyridine rings is 1. The Morgan fingerprint density at radius 3 is 2.10 bits per heavy atom.